The Bertz CT molecular complexity index is 1150. The average Bonchev–Trinajstić information content (AvgIpc) is 3.49. The summed E-state index contributed by atoms with van der Waals surface area (Å²) in [5, 5.41) is 4.16. The van der Waals surface area contributed by atoms with E-state index < -0.39 is 0 Å². The number of hydrogen-bond donors (Lipinski definition) is 1. The zero-order valence-corrected chi connectivity index (χ0v) is 19.6. The van der Waals surface area contributed by atoms with Crippen LogP contribution in [0.3, 0.4) is 0 Å². The monoisotopic (exact) mass is 448 g/mol. The van der Waals surface area contributed by atoms with E-state index in [0.717, 1.165) is 11.4 Å². The molecule has 4 nitrogen and oxygen atoms in total. The highest BCUT2D eigenvalue weighted by Crippen LogP contribution is 2.45. The second kappa shape index (κ2) is 8.32. The number of benzene rings is 1. The Balaban J connectivity index is 1.65. The van der Waals surface area contributed by atoms with Crippen molar-refractivity contribution in [2.75, 3.05) is 4.90 Å². The fraction of sp³-hybridized carbons (Fsp3) is 0.385. The van der Waals surface area contributed by atoms with Crippen molar-refractivity contribution >= 4 is 23.0 Å². The first-order valence-electron chi connectivity index (χ1n) is 11.4. The Morgan fingerprint density at radius 2 is 1.84 bits per heavy atom. The van der Waals surface area contributed by atoms with Gasteiger partial charge in [-0.25, -0.2) is 4.39 Å². The molecule has 2 fully saturated rings. The summed E-state index contributed by atoms with van der Waals surface area (Å²) in [7, 11) is 0. The van der Waals surface area contributed by atoms with Crippen molar-refractivity contribution in [3.8, 4) is 0 Å². The van der Waals surface area contributed by atoms with Crippen LogP contribution in [0.5, 0.6) is 0 Å². The molecule has 1 N–H and O–H groups in total. The largest absolute Gasteiger partial charge is 0.351 e. The molecule has 0 radical (unpaired) electrons. The third-order valence-corrected chi connectivity index (χ3v) is 7.36. The number of pyridine rings is 1. The maximum Gasteiger partial charge on any atom is 0.174 e. The maximum atomic E-state index is 14.1. The zero-order chi connectivity index (χ0) is 22.4. The van der Waals surface area contributed by atoms with Crippen LogP contribution in [0.25, 0.3) is 0 Å². The number of nitrogens with zero attached hydrogens (tertiary/aromatic N) is 3. The molecule has 1 aromatic carbocycles. The highest BCUT2D eigenvalue weighted by atomic mass is 32.1. The van der Waals surface area contributed by atoms with Gasteiger partial charge in [0.15, 0.2) is 5.11 Å². The summed E-state index contributed by atoms with van der Waals surface area (Å²) in [6.07, 6.45) is 6.89. The Kier molecular flexibility index (Phi) is 5.49. The van der Waals surface area contributed by atoms with E-state index in [2.05, 4.69) is 39.7 Å². The van der Waals surface area contributed by atoms with Gasteiger partial charge in [-0.2, -0.15) is 0 Å². The molecule has 166 valence electrons. The standard InChI is InChI=1S/C26H29FN4S/c1-16-14-20(11-12-22(16)27)31-25(24(29-26(31)32)23-10-6-7-13-28-23)21-15-17(2)30(18(21)3)19-8-4-5-9-19/h6-7,10-15,19,24-25H,4-5,8-9H2,1-3H3,(H,29,32)/t24-,25+/m0/s1. The second-order valence-corrected chi connectivity index (χ2v) is 9.45. The van der Waals surface area contributed by atoms with Crippen LogP contribution < -0.4 is 10.2 Å². The first-order chi connectivity index (χ1) is 15.5. The minimum Gasteiger partial charge on any atom is -0.351 e. The van der Waals surface area contributed by atoms with Gasteiger partial charge >= 0.3 is 0 Å². The lowest BCUT2D eigenvalue weighted by molar-refractivity contribution is 0.494. The van der Waals surface area contributed by atoms with Crippen LogP contribution in [-0.2, 0) is 0 Å². The second-order valence-electron chi connectivity index (χ2n) is 9.06. The summed E-state index contributed by atoms with van der Waals surface area (Å²) in [5.74, 6) is -0.205. The van der Waals surface area contributed by atoms with E-state index in [1.807, 2.05) is 36.5 Å². The zero-order valence-electron chi connectivity index (χ0n) is 18.8. The van der Waals surface area contributed by atoms with Crippen LogP contribution in [0.15, 0.2) is 48.7 Å². The van der Waals surface area contributed by atoms with Gasteiger partial charge in [0, 0.05) is 29.3 Å². The summed E-state index contributed by atoms with van der Waals surface area (Å²) in [5.41, 5.74) is 6.29. The molecule has 0 bridgehead atoms. The minimum atomic E-state index is -0.205. The van der Waals surface area contributed by atoms with E-state index >= 15 is 0 Å². The molecule has 3 heterocycles. The molecule has 2 aromatic heterocycles. The Labute approximate surface area is 194 Å². The number of aromatic nitrogens is 2. The fourth-order valence-corrected chi connectivity index (χ4v) is 5.90. The third-order valence-electron chi connectivity index (χ3n) is 7.05. The van der Waals surface area contributed by atoms with Crippen LogP contribution in [0.2, 0.25) is 0 Å². The molecule has 2 aliphatic rings. The summed E-state index contributed by atoms with van der Waals surface area (Å²) >= 11 is 5.83. The van der Waals surface area contributed by atoms with E-state index in [1.54, 1.807) is 6.92 Å². The van der Waals surface area contributed by atoms with E-state index in [1.165, 1.54) is 48.7 Å². The summed E-state index contributed by atoms with van der Waals surface area (Å²) in [6, 6.07) is 13.9. The molecular weight excluding hydrogens is 419 g/mol. The molecular formula is C26H29FN4S. The normalized spacial score (nSPS) is 21.4. The number of aryl methyl sites for hydroxylation is 2. The summed E-state index contributed by atoms with van der Waals surface area (Å²) in [6.45, 7) is 6.23. The molecule has 1 aliphatic heterocycles. The molecule has 1 aliphatic carbocycles. The van der Waals surface area contributed by atoms with Crippen LogP contribution in [0.1, 0.15) is 72.0 Å². The van der Waals surface area contributed by atoms with Crippen molar-refractivity contribution < 1.29 is 4.39 Å². The van der Waals surface area contributed by atoms with Crippen LogP contribution >= 0.6 is 12.2 Å². The Morgan fingerprint density at radius 1 is 1.06 bits per heavy atom. The van der Waals surface area contributed by atoms with E-state index in [0.29, 0.717) is 16.7 Å². The first kappa shape index (κ1) is 21.1. The van der Waals surface area contributed by atoms with E-state index in [-0.39, 0.29) is 17.9 Å². The summed E-state index contributed by atoms with van der Waals surface area (Å²) < 4.78 is 16.6. The van der Waals surface area contributed by atoms with Crippen LogP contribution in [-0.4, -0.2) is 14.7 Å². The van der Waals surface area contributed by atoms with Gasteiger partial charge in [0.1, 0.15) is 5.82 Å². The molecule has 3 aromatic rings. The SMILES string of the molecule is Cc1cc(N2C(=S)N[C@@H](c3ccccn3)[C@H]2c2cc(C)n(C3CCCC3)c2C)ccc1F. The fourth-order valence-electron chi connectivity index (χ4n) is 5.55. The quantitative estimate of drug-likeness (QED) is 0.479. The number of thiocarbonyl (C=S) groups is 1. The smallest absolute Gasteiger partial charge is 0.174 e. The van der Waals surface area contributed by atoms with Crippen LogP contribution in [0.4, 0.5) is 10.1 Å². The van der Waals surface area contributed by atoms with Gasteiger partial charge in [-0.15, -0.1) is 0 Å². The average molecular weight is 449 g/mol. The topological polar surface area (TPSA) is 33.1 Å². The van der Waals surface area contributed by atoms with Crippen molar-refractivity contribution in [3.05, 3.63) is 82.7 Å². The van der Waals surface area contributed by atoms with Gasteiger partial charge in [-0.3, -0.25) is 4.98 Å². The molecule has 1 saturated carbocycles. The maximum absolute atomic E-state index is 14.1. The molecule has 0 spiro atoms. The van der Waals surface area contributed by atoms with E-state index in [9.17, 15) is 4.39 Å². The van der Waals surface area contributed by atoms with Gasteiger partial charge in [0.2, 0.25) is 0 Å². The molecule has 0 amide bonds. The predicted octanol–water partition coefficient (Wildman–Crippen LogP) is 6.24. The highest BCUT2D eigenvalue weighted by Gasteiger charge is 2.42. The van der Waals surface area contributed by atoms with Crippen molar-refractivity contribution in [1.29, 1.82) is 0 Å². The molecule has 0 unspecified atom stereocenters. The van der Waals surface area contributed by atoms with Gasteiger partial charge in [0.25, 0.3) is 0 Å². The van der Waals surface area contributed by atoms with Gasteiger partial charge in [0.05, 0.1) is 17.8 Å². The lowest BCUT2D eigenvalue weighted by atomic mass is 9.96. The third kappa shape index (κ3) is 3.51. The number of anilines is 1. The lowest BCUT2D eigenvalue weighted by Crippen LogP contribution is -2.29. The van der Waals surface area contributed by atoms with Gasteiger partial charge in [-0.1, -0.05) is 18.9 Å². The van der Waals surface area contributed by atoms with E-state index in [4.69, 9.17) is 12.2 Å². The number of rotatable bonds is 4. The molecule has 6 heteroatoms. The first-order valence-corrected chi connectivity index (χ1v) is 11.8. The number of nitrogens with one attached hydrogen (secondary N) is 1. The van der Waals surface area contributed by atoms with Crippen molar-refractivity contribution in [1.82, 2.24) is 14.9 Å². The van der Waals surface area contributed by atoms with Crippen molar-refractivity contribution in [2.45, 2.75) is 64.6 Å². The molecule has 2 atom stereocenters. The van der Waals surface area contributed by atoms with Crippen molar-refractivity contribution in [3.63, 3.8) is 0 Å². The molecule has 5 rings (SSSR count). The Morgan fingerprint density at radius 3 is 2.53 bits per heavy atom. The van der Waals surface area contributed by atoms with Crippen molar-refractivity contribution in [2.24, 2.45) is 0 Å². The van der Waals surface area contributed by atoms with Crippen LogP contribution in [0, 0.1) is 26.6 Å². The molecule has 1 saturated heterocycles. The summed E-state index contributed by atoms with van der Waals surface area (Å²) in [4.78, 5) is 6.79. The minimum absolute atomic E-state index is 0.0661. The predicted molar refractivity (Wildman–Crippen MR) is 130 cm³/mol. The number of halogens is 1. The highest BCUT2D eigenvalue weighted by molar-refractivity contribution is 7.80. The number of hydrogen-bond acceptors (Lipinski definition) is 2. The molecule has 32 heavy (non-hydrogen) atoms. The Hall–Kier alpha value is -2.73. The van der Waals surface area contributed by atoms with Gasteiger partial charge in [-0.05, 0) is 93.4 Å². The lowest BCUT2D eigenvalue weighted by Gasteiger charge is -2.29. The van der Waals surface area contributed by atoms with Gasteiger partial charge < -0.3 is 14.8 Å².